The number of nitrogens with zero attached hydrogens (tertiary/aromatic N) is 2. The van der Waals surface area contributed by atoms with Gasteiger partial charge in [0.25, 0.3) is 0 Å². The Balaban J connectivity index is 1.33. The van der Waals surface area contributed by atoms with Gasteiger partial charge in [-0.3, -0.25) is 0 Å². The standard InChI is InChI=1S/C53H37F5N2/c1-30-13-17-40(32(3)21-30)34-15-19-48-44(25-34)42-9-5-7-11-46(42)59(48)50-27-37(36-23-38(54)29-39(55)24-36)28-51(52(50)53(56,57)58)60-47-12-8-6-10-43(47)45-26-35(16-20-49(45)60)41-18-14-31(2)22-33(41)4/h5-29H,1-4H3. The number of halogens is 5. The van der Waals surface area contributed by atoms with E-state index in [0.29, 0.717) is 22.1 Å². The van der Waals surface area contributed by atoms with Gasteiger partial charge in [0.1, 0.15) is 17.2 Å². The second-order valence-electron chi connectivity index (χ2n) is 15.9. The van der Waals surface area contributed by atoms with Gasteiger partial charge in [-0.15, -0.1) is 0 Å². The molecule has 0 spiro atoms. The van der Waals surface area contributed by atoms with Crippen molar-refractivity contribution in [3.05, 3.63) is 191 Å². The highest BCUT2D eigenvalue weighted by Crippen LogP contribution is 2.47. The zero-order chi connectivity index (χ0) is 41.6. The zero-order valence-corrected chi connectivity index (χ0v) is 33.2. The highest BCUT2D eigenvalue weighted by atomic mass is 19.4. The Morgan fingerprint density at radius 3 is 1.23 bits per heavy atom. The Labute approximate surface area is 343 Å². The van der Waals surface area contributed by atoms with Gasteiger partial charge in [-0.25, -0.2) is 8.78 Å². The van der Waals surface area contributed by atoms with Crippen LogP contribution >= 0.6 is 0 Å². The van der Waals surface area contributed by atoms with E-state index in [-0.39, 0.29) is 22.5 Å². The van der Waals surface area contributed by atoms with Gasteiger partial charge in [-0.2, -0.15) is 13.2 Å². The van der Waals surface area contributed by atoms with Crippen LogP contribution in [0.4, 0.5) is 22.0 Å². The van der Waals surface area contributed by atoms with Gasteiger partial charge in [-0.05, 0) is 133 Å². The quantitative estimate of drug-likeness (QED) is 0.154. The van der Waals surface area contributed by atoms with Gasteiger partial charge < -0.3 is 9.13 Å². The average Bonchev–Trinajstić information content (AvgIpc) is 3.72. The van der Waals surface area contributed by atoms with Crippen molar-refractivity contribution >= 4 is 43.6 Å². The lowest BCUT2D eigenvalue weighted by molar-refractivity contribution is -0.137. The lowest BCUT2D eigenvalue weighted by Gasteiger charge is -2.23. The molecule has 2 aromatic heterocycles. The molecule has 0 N–H and O–H groups in total. The molecule has 2 nitrogen and oxygen atoms in total. The minimum Gasteiger partial charge on any atom is -0.309 e. The third kappa shape index (κ3) is 6.07. The van der Waals surface area contributed by atoms with Crippen molar-refractivity contribution in [2.45, 2.75) is 33.9 Å². The van der Waals surface area contributed by atoms with E-state index in [4.69, 9.17) is 0 Å². The monoisotopic (exact) mass is 796 g/mol. The van der Waals surface area contributed by atoms with Crippen molar-refractivity contribution in [2.75, 3.05) is 0 Å². The Hall–Kier alpha value is -6.99. The van der Waals surface area contributed by atoms with E-state index in [1.807, 2.05) is 125 Å². The summed E-state index contributed by atoms with van der Waals surface area (Å²) in [6.45, 7) is 8.17. The van der Waals surface area contributed by atoms with Gasteiger partial charge in [-0.1, -0.05) is 96.1 Å². The highest BCUT2D eigenvalue weighted by Gasteiger charge is 2.39. The summed E-state index contributed by atoms with van der Waals surface area (Å²) >= 11 is 0. The Bertz CT molecular complexity index is 3170. The second kappa shape index (κ2) is 13.8. The summed E-state index contributed by atoms with van der Waals surface area (Å²) in [5.41, 5.74) is 9.73. The molecule has 0 radical (unpaired) electrons. The molecule has 294 valence electrons. The maximum atomic E-state index is 16.3. The van der Waals surface area contributed by atoms with Crippen LogP contribution in [-0.2, 0) is 6.18 Å². The number of aryl methyl sites for hydroxylation is 4. The summed E-state index contributed by atoms with van der Waals surface area (Å²) < 4.78 is 82.3. The van der Waals surface area contributed by atoms with Crippen molar-refractivity contribution < 1.29 is 22.0 Å². The van der Waals surface area contributed by atoms with Crippen LogP contribution in [0.15, 0.2) is 152 Å². The molecule has 60 heavy (non-hydrogen) atoms. The van der Waals surface area contributed by atoms with Gasteiger partial charge in [0.15, 0.2) is 0 Å². The molecule has 0 aliphatic rings. The van der Waals surface area contributed by atoms with Gasteiger partial charge >= 0.3 is 6.18 Å². The molecule has 0 fully saturated rings. The molecule has 0 aliphatic carbocycles. The van der Waals surface area contributed by atoms with Crippen molar-refractivity contribution in [3.8, 4) is 44.8 Å². The fourth-order valence-electron chi connectivity index (χ4n) is 9.22. The highest BCUT2D eigenvalue weighted by molar-refractivity contribution is 6.12. The average molecular weight is 797 g/mol. The van der Waals surface area contributed by atoms with E-state index in [1.54, 1.807) is 9.13 Å². The van der Waals surface area contributed by atoms with Crippen molar-refractivity contribution in [2.24, 2.45) is 0 Å². The topological polar surface area (TPSA) is 9.86 Å². The Morgan fingerprint density at radius 2 is 0.800 bits per heavy atom. The number of hydrogen-bond acceptors (Lipinski definition) is 0. The van der Waals surface area contributed by atoms with Crippen LogP contribution in [0.3, 0.4) is 0 Å². The molecular formula is C53H37F5N2. The normalized spacial score (nSPS) is 12.1. The van der Waals surface area contributed by atoms with E-state index in [1.165, 1.54) is 12.1 Å². The van der Waals surface area contributed by atoms with Crippen LogP contribution in [0.25, 0.3) is 88.4 Å². The summed E-state index contributed by atoms with van der Waals surface area (Å²) in [7, 11) is 0. The molecule has 10 rings (SSSR count). The molecule has 10 aromatic rings. The molecule has 2 heterocycles. The number of para-hydroxylation sites is 2. The predicted octanol–water partition coefficient (Wildman–Crippen LogP) is 15.4. The first-order valence-corrected chi connectivity index (χ1v) is 19.8. The number of alkyl halides is 3. The first-order valence-electron chi connectivity index (χ1n) is 19.8. The van der Waals surface area contributed by atoms with E-state index in [9.17, 15) is 8.78 Å². The van der Waals surface area contributed by atoms with Crippen LogP contribution in [0.5, 0.6) is 0 Å². The Kier molecular flexibility index (Phi) is 8.58. The number of hydrogen-bond donors (Lipinski definition) is 0. The summed E-state index contributed by atoms with van der Waals surface area (Å²) in [6.07, 6.45) is -4.89. The zero-order valence-electron chi connectivity index (χ0n) is 33.2. The number of benzene rings is 8. The molecule has 0 saturated carbocycles. The molecule has 0 amide bonds. The number of rotatable bonds is 5. The largest absolute Gasteiger partial charge is 0.420 e. The predicted molar refractivity (Wildman–Crippen MR) is 235 cm³/mol. The fourth-order valence-corrected chi connectivity index (χ4v) is 9.22. The van der Waals surface area contributed by atoms with Crippen LogP contribution in [-0.4, -0.2) is 9.13 Å². The SMILES string of the molecule is Cc1ccc(-c2ccc3c(c2)c2ccccc2n3-c2cc(-c3cc(F)cc(F)c3)cc(-n3c4ccccc4c4cc(-c5ccc(C)cc5C)ccc43)c2C(F)(F)F)c(C)c1. The van der Waals surface area contributed by atoms with Crippen LogP contribution in [0, 0.1) is 39.3 Å². The summed E-state index contributed by atoms with van der Waals surface area (Å²) in [5.74, 6) is -1.67. The molecular weight excluding hydrogens is 760 g/mol. The maximum Gasteiger partial charge on any atom is 0.420 e. The van der Waals surface area contributed by atoms with E-state index < -0.39 is 23.4 Å². The van der Waals surface area contributed by atoms with E-state index in [0.717, 1.165) is 84.3 Å². The van der Waals surface area contributed by atoms with Crippen molar-refractivity contribution in [1.82, 2.24) is 9.13 Å². The first-order chi connectivity index (χ1) is 28.8. The minimum atomic E-state index is -4.89. The summed E-state index contributed by atoms with van der Waals surface area (Å²) in [4.78, 5) is 0. The molecule has 8 aromatic carbocycles. The Morgan fingerprint density at radius 1 is 0.383 bits per heavy atom. The van der Waals surface area contributed by atoms with Crippen LogP contribution in [0.1, 0.15) is 27.8 Å². The lowest BCUT2D eigenvalue weighted by atomic mass is 9.97. The van der Waals surface area contributed by atoms with Gasteiger partial charge in [0.05, 0.1) is 33.4 Å². The summed E-state index contributed by atoms with van der Waals surface area (Å²) in [5, 5.41) is 3.09. The van der Waals surface area contributed by atoms with Crippen molar-refractivity contribution in [1.29, 1.82) is 0 Å². The second-order valence-corrected chi connectivity index (χ2v) is 15.9. The molecule has 0 aliphatic heterocycles. The fraction of sp³-hybridized carbons (Fsp3) is 0.0943. The van der Waals surface area contributed by atoms with E-state index in [2.05, 4.69) is 24.3 Å². The third-order valence-corrected chi connectivity index (χ3v) is 11.8. The van der Waals surface area contributed by atoms with Crippen LogP contribution in [0.2, 0.25) is 0 Å². The van der Waals surface area contributed by atoms with E-state index >= 15 is 13.2 Å². The van der Waals surface area contributed by atoms with Gasteiger partial charge in [0, 0.05) is 27.6 Å². The first kappa shape index (κ1) is 37.3. The lowest BCUT2D eigenvalue weighted by Crippen LogP contribution is -2.16. The van der Waals surface area contributed by atoms with Crippen LogP contribution < -0.4 is 0 Å². The molecule has 7 heteroatoms. The third-order valence-electron chi connectivity index (χ3n) is 11.8. The molecule has 0 unspecified atom stereocenters. The summed E-state index contributed by atoms with van der Waals surface area (Å²) in [6, 6.07) is 44.9. The van der Waals surface area contributed by atoms with Gasteiger partial charge in [0.2, 0.25) is 0 Å². The number of aromatic nitrogens is 2. The number of fused-ring (bicyclic) bond motifs is 6. The molecule has 0 bridgehead atoms. The smallest absolute Gasteiger partial charge is 0.309 e. The minimum absolute atomic E-state index is 0.111. The molecule has 0 atom stereocenters. The molecule has 0 saturated heterocycles. The maximum absolute atomic E-state index is 16.3. The van der Waals surface area contributed by atoms with Crippen molar-refractivity contribution in [3.63, 3.8) is 0 Å².